The van der Waals surface area contributed by atoms with E-state index < -0.39 is 0 Å². The summed E-state index contributed by atoms with van der Waals surface area (Å²) in [7, 11) is 0. The summed E-state index contributed by atoms with van der Waals surface area (Å²) in [4.78, 5) is 3.97. The molecule has 0 amide bonds. The third-order valence-corrected chi connectivity index (χ3v) is 2.57. The van der Waals surface area contributed by atoms with E-state index in [1.165, 1.54) is 0 Å². The number of rotatable bonds is 4. The summed E-state index contributed by atoms with van der Waals surface area (Å²) in [5.74, 6) is 1.31. The van der Waals surface area contributed by atoms with Crippen molar-refractivity contribution < 1.29 is 4.74 Å². The summed E-state index contributed by atoms with van der Waals surface area (Å²) in [6.07, 6.45) is 3.29. The van der Waals surface area contributed by atoms with Gasteiger partial charge in [-0.3, -0.25) is 10.4 Å². The SMILES string of the molecule is Cc1cc(Oc2cccnc2)ccc1NN=C(C#N)C#N. The van der Waals surface area contributed by atoms with E-state index in [-0.39, 0.29) is 5.71 Å². The van der Waals surface area contributed by atoms with E-state index in [0.717, 1.165) is 5.56 Å². The van der Waals surface area contributed by atoms with E-state index in [1.54, 1.807) is 42.7 Å². The zero-order valence-electron chi connectivity index (χ0n) is 11.2. The van der Waals surface area contributed by atoms with Crippen molar-refractivity contribution in [3.05, 3.63) is 48.3 Å². The van der Waals surface area contributed by atoms with Crippen molar-refractivity contribution in [1.29, 1.82) is 10.5 Å². The van der Waals surface area contributed by atoms with Crippen molar-refractivity contribution in [2.24, 2.45) is 5.10 Å². The van der Waals surface area contributed by atoms with Crippen LogP contribution in [0, 0.1) is 29.6 Å². The minimum Gasteiger partial charge on any atom is -0.456 e. The number of nitrogens with zero attached hydrogens (tertiary/aromatic N) is 4. The molecule has 0 fully saturated rings. The number of pyridine rings is 1. The third-order valence-electron chi connectivity index (χ3n) is 2.57. The Morgan fingerprint density at radius 1 is 1.24 bits per heavy atom. The number of aromatic nitrogens is 1. The smallest absolute Gasteiger partial charge is 0.237 e. The Balaban J connectivity index is 2.13. The average Bonchev–Trinajstić information content (AvgIpc) is 2.51. The monoisotopic (exact) mass is 277 g/mol. The number of anilines is 1. The lowest BCUT2D eigenvalue weighted by atomic mass is 10.2. The van der Waals surface area contributed by atoms with Crippen LogP contribution in [-0.4, -0.2) is 10.7 Å². The second-order valence-corrected chi connectivity index (χ2v) is 4.06. The normalized spacial score (nSPS) is 9.10. The largest absolute Gasteiger partial charge is 0.456 e. The number of ether oxygens (including phenoxy) is 1. The first-order valence-corrected chi connectivity index (χ1v) is 6.05. The molecule has 0 radical (unpaired) electrons. The zero-order valence-corrected chi connectivity index (χ0v) is 11.2. The molecule has 0 saturated heterocycles. The number of nitriles is 2. The Kier molecular flexibility index (Phi) is 4.47. The molecule has 1 aromatic heterocycles. The molecule has 0 unspecified atom stereocenters. The Morgan fingerprint density at radius 2 is 2.05 bits per heavy atom. The van der Waals surface area contributed by atoms with E-state index in [4.69, 9.17) is 15.3 Å². The molecule has 21 heavy (non-hydrogen) atoms. The van der Waals surface area contributed by atoms with Gasteiger partial charge < -0.3 is 4.74 Å². The van der Waals surface area contributed by atoms with Crippen LogP contribution in [0.4, 0.5) is 5.69 Å². The van der Waals surface area contributed by atoms with Gasteiger partial charge in [0.1, 0.15) is 23.6 Å². The van der Waals surface area contributed by atoms with Gasteiger partial charge in [0.2, 0.25) is 5.71 Å². The van der Waals surface area contributed by atoms with Crippen LogP contribution in [0.2, 0.25) is 0 Å². The number of nitrogens with one attached hydrogen (secondary N) is 1. The highest BCUT2D eigenvalue weighted by molar-refractivity contribution is 6.10. The van der Waals surface area contributed by atoms with Gasteiger partial charge in [0.05, 0.1) is 11.9 Å². The summed E-state index contributed by atoms with van der Waals surface area (Å²) in [5, 5.41) is 20.9. The minimum absolute atomic E-state index is 0.231. The molecule has 0 aliphatic heterocycles. The van der Waals surface area contributed by atoms with Gasteiger partial charge >= 0.3 is 0 Å². The molecule has 0 saturated carbocycles. The van der Waals surface area contributed by atoms with Crippen molar-refractivity contribution in [2.75, 3.05) is 5.43 Å². The maximum Gasteiger partial charge on any atom is 0.237 e. The number of aryl methyl sites for hydroxylation is 1. The van der Waals surface area contributed by atoms with Crippen LogP contribution in [0.5, 0.6) is 11.5 Å². The molecule has 0 atom stereocenters. The molecule has 2 aromatic rings. The third kappa shape index (κ3) is 3.79. The van der Waals surface area contributed by atoms with Gasteiger partial charge in [-0.25, -0.2) is 0 Å². The molecule has 0 aliphatic carbocycles. The van der Waals surface area contributed by atoms with Crippen LogP contribution in [0.3, 0.4) is 0 Å². The van der Waals surface area contributed by atoms with Gasteiger partial charge in [-0.05, 0) is 42.8 Å². The van der Waals surface area contributed by atoms with Gasteiger partial charge in [-0.2, -0.15) is 15.6 Å². The summed E-state index contributed by atoms with van der Waals surface area (Å²) in [5.41, 5.74) is 4.01. The second kappa shape index (κ2) is 6.69. The van der Waals surface area contributed by atoms with Gasteiger partial charge in [-0.15, -0.1) is 0 Å². The molecular formula is C15H11N5O. The minimum atomic E-state index is -0.231. The van der Waals surface area contributed by atoms with E-state index in [1.807, 2.05) is 19.1 Å². The number of benzene rings is 1. The van der Waals surface area contributed by atoms with Crippen LogP contribution in [0.25, 0.3) is 0 Å². The first-order chi connectivity index (χ1) is 10.2. The van der Waals surface area contributed by atoms with Crippen molar-refractivity contribution in [2.45, 2.75) is 6.92 Å². The molecule has 102 valence electrons. The van der Waals surface area contributed by atoms with Crippen molar-refractivity contribution in [3.8, 4) is 23.6 Å². The Morgan fingerprint density at radius 3 is 2.67 bits per heavy atom. The number of hydrogen-bond acceptors (Lipinski definition) is 6. The van der Waals surface area contributed by atoms with Crippen LogP contribution in [0.1, 0.15) is 5.56 Å². The lowest BCUT2D eigenvalue weighted by Crippen LogP contribution is -1.98. The molecule has 6 nitrogen and oxygen atoms in total. The van der Waals surface area contributed by atoms with Crippen molar-refractivity contribution in [1.82, 2.24) is 4.98 Å². The van der Waals surface area contributed by atoms with Crippen LogP contribution in [0.15, 0.2) is 47.8 Å². The Hall–Kier alpha value is -3.38. The topological polar surface area (TPSA) is 94.1 Å². The molecule has 1 aromatic carbocycles. The molecule has 0 aliphatic rings. The van der Waals surface area contributed by atoms with Gasteiger partial charge in [-0.1, -0.05) is 0 Å². The van der Waals surface area contributed by atoms with E-state index >= 15 is 0 Å². The van der Waals surface area contributed by atoms with Crippen molar-refractivity contribution in [3.63, 3.8) is 0 Å². The van der Waals surface area contributed by atoms with Gasteiger partial charge in [0.25, 0.3) is 0 Å². The maximum atomic E-state index is 8.61. The fourth-order valence-corrected chi connectivity index (χ4v) is 1.56. The van der Waals surface area contributed by atoms with Crippen molar-refractivity contribution >= 4 is 11.4 Å². The molecule has 0 spiro atoms. The molecule has 0 bridgehead atoms. The highest BCUT2D eigenvalue weighted by atomic mass is 16.5. The van der Waals surface area contributed by atoms with Crippen LogP contribution in [-0.2, 0) is 0 Å². The zero-order chi connectivity index (χ0) is 15.1. The lowest BCUT2D eigenvalue weighted by Gasteiger charge is -2.09. The highest BCUT2D eigenvalue weighted by Crippen LogP contribution is 2.25. The Labute approximate surface area is 121 Å². The van der Waals surface area contributed by atoms with E-state index in [9.17, 15) is 0 Å². The molecule has 1 N–H and O–H groups in total. The predicted molar refractivity (Wildman–Crippen MR) is 77.8 cm³/mol. The first-order valence-electron chi connectivity index (χ1n) is 6.05. The van der Waals surface area contributed by atoms with E-state index in [2.05, 4.69) is 15.5 Å². The number of hydrazone groups is 1. The predicted octanol–water partition coefficient (Wildman–Crippen LogP) is 3.00. The summed E-state index contributed by atoms with van der Waals surface area (Å²) >= 11 is 0. The first kappa shape index (κ1) is 14.0. The average molecular weight is 277 g/mol. The fraction of sp³-hybridized carbons (Fsp3) is 0.0667. The van der Waals surface area contributed by atoms with Gasteiger partial charge in [0, 0.05) is 6.20 Å². The van der Waals surface area contributed by atoms with Gasteiger partial charge in [0.15, 0.2) is 0 Å². The lowest BCUT2D eigenvalue weighted by molar-refractivity contribution is 0.480. The molecule has 6 heteroatoms. The van der Waals surface area contributed by atoms with Crippen LogP contribution < -0.4 is 10.2 Å². The highest BCUT2D eigenvalue weighted by Gasteiger charge is 2.02. The molecule has 2 rings (SSSR count). The second-order valence-electron chi connectivity index (χ2n) is 4.06. The van der Waals surface area contributed by atoms with Crippen LogP contribution >= 0.6 is 0 Å². The summed E-state index contributed by atoms with van der Waals surface area (Å²) < 4.78 is 5.65. The molecule has 1 heterocycles. The quantitative estimate of drug-likeness (QED) is 0.684. The fourth-order valence-electron chi connectivity index (χ4n) is 1.56. The number of hydrogen-bond donors (Lipinski definition) is 1. The van der Waals surface area contributed by atoms with E-state index in [0.29, 0.717) is 17.2 Å². The molecular weight excluding hydrogens is 266 g/mol. The summed E-state index contributed by atoms with van der Waals surface area (Å²) in [6.45, 7) is 1.87. The Bertz CT molecular complexity index is 725. The standard InChI is InChI=1S/C15H11N5O/c1-11-7-13(21-14-3-2-6-18-10-14)4-5-15(11)20-19-12(8-16)9-17/h2-7,10,20H,1H3. The maximum absolute atomic E-state index is 8.61. The summed E-state index contributed by atoms with van der Waals surface area (Å²) in [6, 6.07) is 12.3.